The van der Waals surface area contributed by atoms with Gasteiger partial charge in [0, 0.05) is 5.92 Å². The molecule has 1 spiro atoms. The van der Waals surface area contributed by atoms with Gasteiger partial charge in [0.15, 0.2) is 5.41 Å². The highest BCUT2D eigenvalue weighted by Gasteiger charge is 2.94. The molecule has 1 aliphatic carbocycles. The normalized spacial score (nSPS) is 34.0. The van der Waals surface area contributed by atoms with Gasteiger partial charge in [-0.3, -0.25) is 0 Å². The Kier molecular flexibility index (Phi) is 3.30. The highest BCUT2D eigenvalue weighted by atomic mass is 16.8. The molecule has 2 fully saturated rings. The summed E-state index contributed by atoms with van der Waals surface area (Å²) in [7, 11) is 0. The number of hydrogen-bond donors (Lipinski definition) is 1. The zero-order valence-corrected chi connectivity index (χ0v) is 13.9. The Morgan fingerprint density at radius 2 is 1.92 bits per heavy atom. The quantitative estimate of drug-likeness (QED) is 0.893. The van der Waals surface area contributed by atoms with Crippen molar-refractivity contribution in [2.24, 2.45) is 21.6 Å². The molecule has 2 N–H and O–H groups in total. The highest BCUT2D eigenvalue weighted by molar-refractivity contribution is 6.00. The number of benzene rings is 1. The third-order valence-electron chi connectivity index (χ3n) is 5.29. The van der Waals surface area contributed by atoms with E-state index in [1.807, 2.05) is 31.2 Å². The standard InChI is InChI=1S/C18H18N4O3/c1-2-7-23-13-5-3-12(4-6-13)14-16(10-19)15(21)22-18(17(14,16)11-20)24-8-9-25-18/h3-6,14H,2,7-9H2,1H3,(H2,21,22). The molecule has 0 amide bonds. The van der Waals surface area contributed by atoms with E-state index in [4.69, 9.17) is 19.9 Å². The predicted molar refractivity (Wildman–Crippen MR) is 87.3 cm³/mol. The summed E-state index contributed by atoms with van der Waals surface area (Å²) in [5, 5.41) is 19.9. The second-order valence-electron chi connectivity index (χ2n) is 6.47. The molecular formula is C18H18N4O3. The molecule has 0 radical (unpaired) electrons. The Labute approximate surface area is 145 Å². The molecule has 1 saturated heterocycles. The first-order valence-corrected chi connectivity index (χ1v) is 8.31. The van der Waals surface area contributed by atoms with Crippen molar-refractivity contribution in [3.8, 4) is 17.9 Å². The van der Waals surface area contributed by atoms with Crippen LogP contribution in [0.4, 0.5) is 0 Å². The number of fused-ring (bicyclic) bond motifs is 2. The van der Waals surface area contributed by atoms with E-state index in [-0.39, 0.29) is 5.84 Å². The van der Waals surface area contributed by atoms with Crippen LogP contribution in [0.1, 0.15) is 24.8 Å². The van der Waals surface area contributed by atoms with Crippen molar-refractivity contribution in [3.63, 3.8) is 0 Å². The van der Waals surface area contributed by atoms with E-state index in [2.05, 4.69) is 17.1 Å². The lowest BCUT2D eigenvalue weighted by Crippen LogP contribution is -2.38. The van der Waals surface area contributed by atoms with E-state index in [1.165, 1.54) is 0 Å². The fraction of sp³-hybridized carbons (Fsp3) is 0.500. The summed E-state index contributed by atoms with van der Waals surface area (Å²) in [4.78, 5) is 4.25. The fourth-order valence-corrected chi connectivity index (χ4v) is 4.19. The zero-order chi connectivity index (χ0) is 17.7. The Balaban J connectivity index is 1.75. The van der Waals surface area contributed by atoms with Crippen molar-refractivity contribution in [1.82, 2.24) is 0 Å². The fourth-order valence-electron chi connectivity index (χ4n) is 4.19. The average molecular weight is 338 g/mol. The van der Waals surface area contributed by atoms with Crippen LogP contribution in [0.2, 0.25) is 0 Å². The van der Waals surface area contributed by atoms with Crippen LogP contribution in [-0.2, 0) is 9.47 Å². The molecule has 7 nitrogen and oxygen atoms in total. The number of ether oxygens (including phenoxy) is 3. The SMILES string of the molecule is CCCOc1ccc(C2C3(C#N)C(N)=NC4(OCCO4)C23C#N)cc1. The Hall–Kier alpha value is -2.61. The van der Waals surface area contributed by atoms with Crippen molar-refractivity contribution in [2.45, 2.75) is 25.2 Å². The van der Waals surface area contributed by atoms with Crippen LogP contribution < -0.4 is 10.5 Å². The summed E-state index contributed by atoms with van der Waals surface area (Å²) < 4.78 is 17.0. The maximum absolute atomic E-state index is 9.99. The molecule has 2 aliphatic heterocycles. The minimum atomic E-state index is -1.48. The van der Waals surface area contributed by atoms with Gasteiger partial charge >= 0.3 is 0 Å². The summed E-state index contributed by atoms with van der Waals surface area (Å²) >= 11 is 0. The van der Waals surface area contributed by atoms with E-state index >= 15 is 0 Å². The van der Waals surface area contributed by atoms with E-state index in [9.17, 15) is 10.5 Å². The number of aliphatic imine (C=N–C) groups is 1. The third kappa shape index (κ3) is 1.67. The van der Waals surface area contributed by atoms with Crippen molar-refractivity contribution >= 4 is 5.84 Å². The first-order chi connectivity index (χ1) is 12.1. The zero-order valence-electron chi connectivity index (χ0n) is 13.9. The largest absolute Gasteiger partial charge is 0.494 e. The number of nitriles is 2. The van der Waals surface area contributed by atoms with Crippen LogP contribution in [0.15, 0.2) is 29.3 Å². The van der Waals surface area contributed by atoms with Crippen LogP contribution in [0.3, 0.4) is 0 Å². The molecule has 4 rings (SSSR count). The topological polar surface area (TPSA) is 114 Å². The van der Waals surface area contributed by atoms with E-state index in [0.29, 0.717) is 19.8 Å². The second-order valence-corrected chi connectivity index (χ2v) is 6.47. The molecule has 1 aromatic carbocycles. The lowest BCUT2D eigenvalue weighted by molar-refractivity contribution is -0.184. The second kappa shape index (κ2) is 5.19. The molecule has 0 bridgehead atoms. The van der Waals surface area contributed by atoms with Gasteiger partial charge < -0.3 is 19.9 Å². The molecule has 2 heterocycles. The third-order valence-corrected chi connectivity index (χ3v) is 5.29. The molecular weight excluding hydrogens is 320 g/mol. The van der Waals surface area contributed by atoms with E-state index in [0.717, 1.165) is 17.7 Å². The molecule has 3 atom stereocenters. The molecule has 25 heavy (non-hydrogen) atoms. The van der Waals surface area contributed by atoms with Gasteiger partial charge in [-0.1, -0.05) is 19.1 Å². The Morgan fingerprint density at radius 3 is 2.48 bits per heavy atom. The van der Waals surface area contributed by atoms with Gasteiger partial charge in [0.1, 0.15) is 17.0 Å². The van der Waals surface area contributed by atoms with Gasteiger partial charge in [-0.15, -0.1) is 0 Å². The van der Waals surface area contributed by atoms with Gasteiger partial charge in [0.25, 0.3) is 5.91 Å². The summed E-state index contributed by atoms with van der Waals surface area (Å²) in [5.74, 6) is -1.08. The number of nitrogens with two attached hydrogens (primary N) is 1. The predicted octanol–water partition coefficient (Wildman–Crippen LogP) is 1.66. The monoisotopic (exact) mass is 338 g/mol. The van der Waals surface area contributed by atoms with Gasteiger partial charge in [-0.2, -0.15) is 10.5 Å². The number of amidine groups is 1. The summed E-state index contributed by atoms with van der Waals surface area (Å²) in [6, 6.07) is 11.9. The Bertz CT molecular complexity index is 816. The summed E-state index contributed by atoms with van der Waals surface area (Å²) in [6.07, 6.45) is 0.920. The molecule has 0 aromatic heterocycles. The summed E-state index contributed by atoms with van der Waals surface area (Å²) in [5.41, 5.74) is 4.43. The average Bonchev–Trinajstić information content (AvgIpc) is 2.88. The number of nitrogens with zero attached hydrogens (tertiary/aromatic N) is 3. The van der Waals surface area contributed by atoms with Gasteiger partial charge in [-0.05, 0) is 24.1 Å². The van der Waals surface area contributed by atoms with Gasteiger partial charge in [0.2, 0.25) is 0 Å². The van der Waals surface area contributed by atoms with Crippen molar-refractivity contribution in [3.05, 3.63) is 29.8 Å². The minimum Gasteiger partial charge on any atom is -0.494 e. The smallest absolute Gasteiger partial charge is 0.293 e. The lowest BCUT2D eigenvalue weighted by Gasteiger charge is -2.25. The molecule has 7 heteroatoms. The molecule has 1 saturated carbocycles. The van der Waals surface area contributed by atoms with Crippen LogP contribution in [0.25, 0.3) is 0 Å². The first-order valence-electron chi connectivity index (χ1n) is 8.31. The Morgan fingerprint density at radius 1 is 1.24 bits per heavy atom. The minimum absolute atomic E-state index is 0.106. The van der Waals surface area contributed by atoms with E-state index in [1.54, 1.807) is 0 Å². The lowest BCUT2D eigenvalue weighted by atomic mass is 9.94. The molecule has 3 unspecified atom stereocenters. The molecule has 3 aliphatic rings. The van der Waals surface area contributed by atoms with Crippen molar-refractivity contribution < 1.29 is 14.2 Å². The van der Waals surface area contributed by atoms with Gasteiger partial charge in [0.05, 0.1) is 32.0 Å². The number of hydrogen-bond acceptors (Lipinski definition) is 7. The van der Waals surface area contributed by atoms with Crippen LogP contribution in [0, 0.1) is 33.5 Å². The van der Waals surface area contributed by atoms with Crippen molar-refractivity contribution in [2.75, 3.05) is 19.8 Å². The van der Waals surface area contributed by atoms with Crippen LogP contribution in [-0.4, -0.2) is 31.6 Å². The summed E-state index contributed by atoms with van der Waals surface area (Å²) in [6.45, 7) is 3.31. The molecule has 1 aromatic rings. The van der Waals surface area contributed by atoms with Crippen molar-refractivity contribution in [1.29, 1.82) is 10.5 Å². The van der Waals surface area contributed by atoms with Gasteiger partial charge in [-0.25, -0.2) is 4.99 Å². The van der Waals surface area contributed by atoms with Crippen LogP contribution >= 0.6 is 0 Å². The highest BCUT2D eigenvalue weighted by Crippen LogP contribution is 2.82. The van der Waals surface area contributed by atoms with E-state index < -0.39 is 22.7 Å². The number of rotatable bonds is 4. The van der Waals surface area contributed by atoms with Crippen LogP contribution in [0.5, 0.6) is 5.75 Å². The maximum atomic E-state index is 9.99. The maximum Gasteiger partial charge on any atom is 0.293 e. The first kappa shape index (κ1) is 15.9. The molecule has 128 valence electrons.